The lowest BCUT2D eigenvalue weighted by atomic mass is 9.94. The lowest BCUT2D eigenvalue weighted by molar-refractivity contribution is 0.100. The van der Waals surface area contributed by atoms with E-state index in [1.54, 1.807) is 42.5 Å². The number of nitrogens with two attached hydrogens (primary N) is 2. The van der Waals surface area contributed by atoms with Crippen molar-refractivity contribution >= 4 is 40.1 Å². The molecule has 8 heteroatoms. The predicted molar refractivity (Wildman–Crippen MR) is 108 cm³/mol. The number of hydrogen-bond donors (Lipinski definition) is 3. The molecule has 138 valence electrons. The van der Waals surface area contributed by atoms with E-state index in [9.17, 15) is 13.6 Å². The summed E-state index contributed by atoms with van der Waals surface area (Å²) in [6.45, 7) is 0. The van der Waals surface area contributed by atoms with Crippen molar-refractivity contribution in [2.24, 2.45) is 5.73 Å². The summed E-state index contributed by atoms with van der Waals surface area (Å²) in [5.41, 5.74) is 15.5. The molecule has 3 aromatic rings. The lowest BCUT2D eigenvalue weighted by Crippen LogP contribution is -2.14. The molecule has 0 aliphatic heterocycles. The van der Waals surface area contributed by atoms with Gasteiger partial charge in [0.15, 0.2) is 0 Å². The second-order valence-electron chi connectivity index (χ2n) is 5.77. The third-order valence-electron chi connectivity index (χ3n) is 4.02. The van der Waals surface area contributed by atoms with Gasteiger partial charge in [-0.2, -0.15) is 0 Å². The summed E-state index contributed by atoms with van der Waals surface area (Å²) in [4.78, 5) is 11.9. The highest BCUT2D eigenvalue weighted by Gasteiger charge is 2.15. The van der Waals surface area contributed by atoms with Crippen LogP contribution < -0.4 is 16.2 Å². The Morgan fingerprint density at radius 1 is 0.963 bits per heavy atom. The topological polar surface area (TPSA) is 121 Å². The summed E-state index contributed by atoms with van der Waals surface area (Å²) in [5.74, 6) is -0.635. The maximum atomic E-state index is 11.9. The van der Waals surface area contributed by atoms with E-state index in [1.165, 1.54) is 0 Å². The van der Waals surface area contributed by atoms with Gasteiger partial charge in [0.2, 0.25) is 0 Å². The fraction of sp³-hybridized carbons (Fsp3) is 0. The van der Waals surface area contributed by atoms with Gasteiger partial charge in [-0.1, -0.05) is 35.9 Å². The Balaban J connectivity index is 2.12. The van der Waals surface area contributed by atoms with Crippen molar-refractivity contribution in [1.82, 2.24) is 0 Å². The Morgan fingerprint density at radius 3 is 2.11 bits per heavy atom. The molecule has 0 heterocycles. The largest absolute Gasteiger partial charge is 0.755 e. The quantitative estimate of drug-likeness (QED) is 0.447. The Kier molecular flexibility index (Phi) is 5.46. The molecule has 27 heavy (non-hydrogen) atoms. The lowest BCUT2D eigenvalue weighted by Gasteiger charge is -2.14. The first-order valence-corrected chi connectivity index (χ1v) is 9.26. The van der Waals surface area contributed by atoms with Crippen LogP contribution in [0.2, 0.25) is 5.02 Å². The molecular weight excluding hydrogens is 386 g/mol. The molecule has 6 nitrogen and oxygen atoms in total. The van der Waals surface area contributed by atoms with Crippen molar-refractivity contribution in [3.05, 3.63) is 71.2 Å². The van der Waals surface area contributed by atoms with Crippen LogP contribution in [-0.2, 0) is 11.3 Å². The van der Waals surface area contributed by atoms with E-state index in [2.05, 4.69) is 4.72 Å². The van der Waals surface area contributed by atoms with Gasteiger partial charge < -0.3 is 20.7 Å². The number of carbonyl (C=O) groups is 1. The minimum Gasteiger partial charge on any atom is -0.755 e. The summed E-state index contributed by atoms with van der Waals surface area (Å²) in [6.07, 6.45) is 0. The first-order chi connectivity index (χ1) is 12.8. The molecule has 0 radical (unpaired) electrons. The number of carbonyl (C=O) groups excluding carboxylic acids is 1. The zero-order valence-corrected chi connectivity index (χ0v) is 15.5. The monoisotopic (exact) mass is 400 g/mol. The maximum Gasteiger partial charge on any atom is 0.250 e. The molecule has 0 spiro atoms. The van der Waals surface area contributed by atoms with Gasteiger partial charge in [-0.05, 0) is 53.1 Å². The van der Waals surface area contributed by atoms with Gasteiger partial charge in [0, 0.05) is 27.5 Å². The molecule has 0 aliphatic rings. The number of nitrogens with one attached hydrogen (secondary N) is 1. The SMILES string of the molecule is NC(=O)c1cc(-c2ccc(Cl)cc2)cc(-c2ccc(NS(=O)[O-])cc2)c1N. The van der Waals surface area contributed by atoms with Gasteiger partial charge >= 0.3 is 0 Å². The Morgan fingerprint density at radius 2 is 1.56 bits per heavy atom. The summed E-state index contributed by atoms with van der Waals surface area (Å²) in [6, 6.07) is 17.3. The summed E-state index contributed by atoms with van der Waals surface area (Å²) in [7, 11) is 0. The average molecular weight is 401 g/mol. The van der Waals surface area contributed by atoms with Crippen molar-refractivity contribution in [3.63, 3.8) is 0 Å². The first kappa shape index (κ1) is 18.9. The summed E-state index contributed by atoms with van der Waals surface area (Å²) >= 11 is 3.53. The Labute approximate surface area is 163 Å². The zero-order valence-electron chi connectivity index (χ0n) is 13.9. The van der Waals surface area contributed by atoms with Crippen LogP contribution in [-0.4, -0.2) is 14.7 Å². The molecule has 0 aromatic heterocycles. The van der Waals surface area contributed by atoms with Crippen LogP contribution in [0.3, 0.4) is 0 Å². The maximum absolute atomic E-state index is 11.9. The Bertz CT molecular complexity index is 1020. The summed E-state index contributed by atoms with van der Waals surface area (Å²) < 4.78 is 23.7. The minimum atomic E-state index is -2.41. The van der Waals surface area contributed by atoms with Crippen molar-refractivity contribution in [3.8, 4) is 22.3 Å². The van der Waals surface area contributed by atoms with Crippen LogP contribution >= 0.6 is 11.6 Å². The smallest absolute Gasteiger partial charge is 0.250 e. The third kappa shape index (κ3) is 4.28. The number of primary amides is 1. The highest BCUT2D eigenvalue weighted by atomic mass is 35.5. The van der Waals surface area contributed by atoms with Crippen LogP contribution in [0.25, 0.3) is 22.3 Å². The van der Waals surface area contributed by atoms with Crippen molar-refractivity contribution < 1.29 is 13.6 Å². The molecule has 3 aromatic carbocycles. The molecule has 0 saturated carbocycles. The van der Waals surface area contributed by atoms with Crippen molar-refractivity contribution in [1.29, 1.82) is 0 Å². The standard InChI is InChI=1S/C19H16ClN3O3S/c20-14-5-1-11(2-6-14)13-9-16(18(21)17(10-13)19(22)24)12-3-7-15(8-4-12)23-27(25)26/h1-10,23H,21H2,(H2,22,24)(H,25,26)/p-1. The molecule has 0 aliphatic carbocycles. The van der Waals surface area contributed by atoms with Crippen LogP contribution in [0.4, 0.5) is 11.4 Å². The number of hydrogen-bond acceptors (Lipinski definition) is 4. The van der Waals surface area contributed by atoms with Crippen LogP contribution in [0, 0.1) is 0 Å². The van der Waals surface area contributed by atoms with Gasteiger partial charge in [0.1, 0.15) is 0 Å². The number of rotatable bonds is 5. The van der Waals surface area contributed by atoms with Crippen molar-refractivity contribution in [2.45, 2.75) is 0 Å². The number of anilines is 2. The second kappa shape index (κ2) is 7.79. The summed E-state index contributed by atoms with van der Waals surface area (Å²) in [5, 5.41) is 0.600. The molecule has 1 amide bonds. The molecule has 0 saturated heterocycles. The molecule has 3 rings (SSSR count). The van der Waals surface area contributed by atoms with E-state index in [0.29, 0.717) is 21.8 Å². The average Bonchev–Trinajstić information content (AvgIpc) is 2.63. The van der Waals surface area contributed by atoms with Gasteiger partial charge in [-0.25, -0.2) is 0 Å². The number of nitrogen functional groups attached to an aromatic ring is 1. The minimum absolute atomic E-state index is 0.209. The highest BCUT2D eigenvalue weighted by molar-refractivity contribution is 7.80. The first-order valence-electron chi connectivity index (χ1n) is 7.81. The van der Waals surface area contributed by atoms with Crippen LogP contribution in [0.15, 0.2) is 60.7 Å². The van der Waals surface area contributed by atoms with Crippen molar-refractivity contribution in [2.75, 3.05) is 10.5 Å². The van der Waals surface area contributed by atoms with Gasteiger partial charge in [-0.15, -0.1) is 0 Å². The molecule has 0 bridgehead atoms. The van der Waals surface area contributed by atoms with Gasteiger partial charge in [0.25, 0.3) is 5.91 Å². The molecule has 1 atom stereocenters. The van der Waals surface area contributed by atoms with Crippen LogP contribution in [0.5, 0.6) is 0 Å². The molecule has 5 N–H and O–H groups in total. The molecule has 1 unspecified atom stereocenters. The van der Waals surface area contributed by atoms with E-state index in [1.807, 2.05) is 18.2 Å². The third-order valence-corrected chi connectivity index (χ3v) is 4.67. The Hall–Kier alpha value is -2.87. The number of benzene rings is 3. The van der Waals surface area contributed by atoms with Gasteiger partial charge in [-0.3, -0.25) is 9.00 Å². The number of amides is 1. The second-order valence-corrected chi connectivity index (χ2v) is 6.88. The number of halogens is 1. The van der Waals surface area contributed by atoms with E-state index in [-0.39, 0.29) is 11.3 Å². The van der Waals surface area contributed by atoms with E-state index in [4.69, 9.17) is 23.1 Å². The zero-order chi connectivity index (χ0) is 19.6. The predicted octanol–water partition coefficient (Wildman–Crippen LogP) is 3.56. The van der Waals surface area contributed by atoms with E-state index in [0.717, 1.165) is 11.1 Å². The molecule has 0 fully saturated rings. The van der Waals surface area contributed by atoms with Crippen LogP contribution in [0.1, 0.15) is 10.4 Å². The van der Waals surface area contributed by atoms with E-state index >= 15 is 0 Å². The molecular formula is C19H15ClN3O3S-. The fourth-order valence-electron chi connectivity index (χ4n) is 2.72. The van der Waals surface area contributed by atoms with E-state index < -0.39 is 17.2 Å². The van der Waals surface area contributed by atoms with Gasteiger partial charge in [0.05, 0.1) is 11.3 Å². The fourth-order valence-corrected chi connectivity index (χ4v) is 3.17. The normalized spacial score (nSPS) is 11.8. The highest BCUT2D eigenvalue weighted by Crippen LogP contribution is 2.35.